The molecule has 0 spiro atoms. The Hall–Kier alpha value is -2.21. The quantitative estimate of drug-likeness (QED) is 0.931. The number of nitrogens with zero attached hydrogens (tertiary/aromatic N) is 4. The van der Waals surface area contributed by atoms with Crippen molar-refractivity contribution in [2.45, 2.75) is 25.8 Å². The van der Waals surface area contributed by atoms with Crippen LogP contribution in [0.1, 0.15) is 30.3 Å². The molecule has 1 aliphatic heterocycles. The van der Waals surface area contributed by atoms with Crippen molar-refractivity contribution in [3.63, 3.8) is 0 Å². The average molecular weight is 299 g/mol. The number of carbonyl (C=O) groups is 1. The summed E-state index contributed by atoms with van der Waals surface area (Å²) in [5.41, 5.74) is 6.41. The summed E-state index contributed by atoms with van der Waals surface area (Å²) in [6.45, 7) is 3.54. The zero-order chi connectivity index (χ0) is 15.5. The van der Waals surface area contributed by atoms with Crippen molar-refractivity contribution in [2.75, 3.05) is 13.1 Å². The van der Waals surface area contributed by atoms with E-state index in [4.69, 9.17) is 5.73 Å². The number of nitrogens with two attached hydrogens (primary N) is 1. The number of rotatable bonds is 3. The second-order valence-electron chi connectivity index (χ2n) is 5.82. The molecular weight excluding hydrogens is 278 g/mol. The molecule has 1 amide bonds. The maximum Gasteiger partial charge on any atom is 0.272 e. The van der Waals surface area contributed by atoms with Crippen molar-refractivity contribution in [2.24, 2.45) is 11.7 Å². The highest BCUT2D eigenvalue weighted by Gasteiger charge is 2.26. The maximum absolute atomic E-state index is 12.6. The Kier molecular flexibility index (Phi) is 4.20. The van der Waals surface area contributed by atoms with E-state index < -0.39 is 0 Å². The van der Waals surface area contributed by atoms with Crippen LogP contribution in [0.25, 0.3) is 5.82 Å². The zero-order valence-electron chi connectivity index (χ0n) is 12.7. The van der Waals surface area contributed by atoms with Crippen molar-refractivity contribution < 1.29 is 4.79 Å². The topological polar surface area (TPSA) is 77.0 Å². The minimum atomic E-state index is -0.0165. The molecule has 0 aromatic carbocycles. The number of aromatic nitrogens is 3. The van der Waals surface area contributed by atoms with Crippen LogP contribution >= 0.6 is 0 Å². The Bertz CT molecular complexity index is 630. The Morgan fingerprint density at radius 3 is 2.73 bits per heavy atom. The molecule has 0 aliphatic carbocycles. The average Bonchev–Trinajstić information content (AvgIpc) is 3.09. The summed E-state index contributed by atoms with van der Waals surface area (Å²) in [6.07, 6.45) is 5.42. The first kappa shape index (κ1) is 14.7. The van der Waals surface area contributed by atoms with Gasteiger partial charge in [-0.25, -0.2) is 9.67 Å². The third kappa shape index (κ3) is 3.01. The fourth-order valence-corrected chi connectivity index (χ4v) is 2.86. The molecule has 2 aromatic heterocycles. The predicted octanol–water partition coefficient (Wildman–Crippen LogP) is 1.47. The first-order valence-corrected chi connectivity index (χ1v) is 7.67. The first-order valence-electron chi connectivity index (χ1n) is 7.67. The molecule has 2 N–H and O–H groups in total. The standard InChI is InChI=1S/C16H21N5O/c1-12(17)13-6-10-20(11-7-13)16(22)14-4-2-5-15(19-14)21-9-3-8-18-21/h2-5,8-9,12-13H,6-7,10-11,17H2,1H3. The second-order valence-corrected chi connectivity index (χ2v) is 5.82. The smallest absolute Gasteiger partial charge is 0.272 e. The van der Waals surface area contributed by atoms with Crippen LogP contribution in [0.5, 0.6) is 0 Å². The Balaban J connectivity index is 1.72. The van der Waals surface area contributed by atoms with Crippen LogP contribution in [0.15, 0.2) is 36.7 Å². The van der Waals surface area contributed by atoms with Gasteiger partial charge in [-0.05, 0) is 43.9 Å². The lowest BCUT2D eigenvalue weighted by atomic mass is 9.91. The van der Waals surface area contributed by atoms with E-state index >= 15 is 0 Å². The summed E-state index contributed by atoms with van der Waals surface area (Å²) in [5.74, 6) is 1.14. The second kappa shape index (κ2) is 6.27. The molecule has 0 bridgehead atoms. The molecule has 1 atom stereocenters. The van der Waals surface area contributed by atoms with Crippen LogP contribution in [0.2, 0.25) is 0 Å². The fourth-order valence-electron chi connectivity index (χ4n) is 2.86. The van der Waals surface area contributed by atoms with E-state index in [1.54, 1.807) is 16.9 Å². The van der Waals surface area contributed by atoms with Gasteiger partial charge in [-0.3, -0.25) is 4.79 Å². The third-order valence-electron chi connectivity index (χ3n) is 4.26. The van der Waals surface area contributed by atoms with Crippen LogP contribution in [0.3, 0.4) is 0 Å². The molecule has 2 aromatic rings. The van der Waals surface area contributed by atoms with Crippen LogP contribution in [-0.4, -0.2) is 44.7 Å². The van der Waals surface area contributed by atoms with Crippen LogP contribution < -0.4 is 5.73 Å². The number of hydrogen-bond donors (Lipinski definition) is 1. The molecule has 1 saturated heterocycles. The molecule has 6 nitrogen and oxygen atoms in total. The highest BCUT2D eigenvalue weighted by molar-refractivity contribution is 5.92. The summed E-state index contributed by atoms with van der Waals surface area (Å²) in [5, 5.41) is 4.14. The van der Waals surface area contributed by atoms with Crippen LogP contribution in [-0.2, 0) is 0 Å². The molecule has 3 rings (SSSR count). The summed E-state index contributed by atoms with van der Waals surface area (Å²) in [6, 6.07) is 7.46. The van der Waals surface area contributed by atoms with Gasteiger partial charge in [0.05, 0.1) is 0 Å². The minimum absolute atomic E-state index is 0.0165. The lowest BCUT2D eigenvalue weighted by Gasteiger charge is -2.33. The molecule has 3 heterocycles. The Morgan fingerprint density at radius 1 is 1.32 bits per heavy atom. The van der Waals surface area contributed by atoms with Crippen molar-refractivity contribution in [1.82, 2.24) is 19.7 Å². The molecular formula is C16H21N5O. The Labute approximate surface area is 129 Å². The van der Waals surface area contributed by atoms with E-state index in [0.29, 0.717) is 17.4 Å². The fraction of sp³-hybridized carbons (Fsp3) is 0.438. The molecule has 0 radical (unpaired) electrons. The van der Waals surface area contributed by atoms with Crippen LogP contribution in [0, 0.1) is 5.92 Å². The Morgan fingerprint density at radius 2 is 2.09 bits per heavy atom. The van der Waals surface area contributed by atoms with Gasteiger partial charge in [0.25, 0.3) is 5.91 Å². The van der Waals surface area contributed by atoms with Gasteiger partial charge >= 0.3 is 0 Å². The number of pyridine rings is 1. The zero-order valence-corrected chi connectivity index (χ0v) is 12.7. The van der Waals surface area contributed by atoms with Gasteiger partial charge in [-0.2, -0.15) is 5.10 Å². The van der Waals surface area contributed by atoms with E-state index in [0.717, 1.165) is 25.9 Å². The normalized spacial score (nSPS) is 17.5. The summed E-state index contributed by atoms with van der Waals surface area (Å²) >= 11 is 0. The van der Waals surface area contributed by atoms with Gasteiger partial charge in [0.1, 0.15) is 5.69 Å². The summed E-state index contributed by atoms with van der Waals surface area (Å²) < 4.78 is 1.65. The van der Waals surface area contributed by atoms with E-state index in [1.165, 1.54) is 0 Å². The van der Waals surface area contributed by atoms with Gasteiger partial charge in [0.15, 0.2) is 5.82 Å². The van der Waals surface area contributed by atoms with Crippen molar-refractivity contribution in [3.05, 3.63) is 42.4 Å². The van der Waals surface area contributed by atoms with E-state index in [1.807, 2.05) is 36.2 Å². The van der Waals surface area contributed by atoms with E-state index in [9.17, 15) is 4.79 Å². The molecule has 1 unspecified atom stereocenters. The van der Waals surface area contributed by atoms with Crippen LogP contribution in [0.4, 0.5) is 0 Å². The monoisotopic (exact) mass is 299 g/mol. The van der Waals surface area contributed by atoms with Gasteiger partial charge in [-0.15, -0.1) is 0 Å². The summed E-state index contributed by atoms with van der Waals surface area (Å²) in [7, 11) is 0. The lowest BCUT2D eigenvalue weighted by Crippen LogP contribution is -2.42. The minimum Gasteiger partial charge on any atom is -0.337 e. The number of amides is 1. The molecule has 1 fully saturated rings. The van der Waals surface area contributed by atoms with E-state index in [2.05, 4.69) is 10.1 Å². The molecule has 6 heteroatoms. The number of likely N-dealkylation sites (tertiary alicyclic amines) is 1. The van der Waals surface area contributed by atoms with Gasteiger partial charge in [0, 0.05) is 31.5 Å². The van der Waals surface area contributed by atoms with Gasteiger partial charge in [0.2, 0.25) is 0 Å². The van der Waals surface area contributed by atoms with E-state index in [-0.39, 0.29) is 11.9 Å². The molecule has 1 aliphatic rings. The van der Waals surface area contributed by atoms with Gasteiger partial charge < -0.3 is 10.6 Å². The van der Waals surface area contributed by atoms with Crippen molar-refractivity contribution >= 4 is 5.91 Å². The van der Waals surface area contributed by atoms with Crippen molar-refractivity contribution in [1.29, 1.82) is 0 Å². The first-order chi connectivity index (χ1) is 10.6. The van der Waals surface area contributed by atoms with Crippen molar-refractivity contribution in [3.8, 4) is 5.82 Å². The SMILES string of the molecule is CC(N)C1CCN(C(=O)c2cccc(-n3cccn3)n2)CC1. The molecule has 22 heavy (non-hydrogen) atoms. The highest BCUT2D eigenvalue weighted by atomic mass is 16.2. The number of piperidine rings is 1. The maximum atomic E-state index is 12.6. The predicted molar refractivity (Wildman–Crippen MR) is 83.6 cm³/mol. The third-order valence-corrected chi connectivity index (χ3v) is 4.26. The lowest BCUT2D eigenvalue weighted by molar-refractivity contribution is 0.0675. The molecule has 0 saturated carbocycles. The number of carbonyl (C=O) groups excluding carboxylic acids is 1. The summed E-state index contributed by atoms with van der Waals surface area (Å²) in [4.78, 5) is 18.9. The van der Waals surface area contributed by atoms with Gasteiger partial charge in [-0.1, -0.05) is 6.07 Å². The highest BCUT2D eigenvalue weighted by Crippen LogP contribution is 2.20. The molecule has 116 valence electrons. The number of hydrogen-bond acceptors (Lipinski definition) is 4. The largest absolute Gasteiger partial charge is 0.337 e.